The molecule has 0 saturated heterocycles. The summed E-state index contributed by atoms with van der Waals surface area (Å²) in [6.07, 6.45) is -0.479. The molecule has 0 bridgehead atoms. The van der Waals surface area contributed by atoms with E-state index in [1.54, 1.807) is 24.3 Å². The summed E-state index contributed by atoms with van der Waals surface area (Å²) in [5.41, 5.74) is -1.17. The van der Waals surface area contributed by atoms with E-state index in [2.05, 4.69) is 0 Å². The molecule has 1 aliphatic heterocycles. The molecule has 3 rings (SSSR count). The van der Waals surface area contributed by atoms with Crippen molar-refractivity contribution in [2.75, 3.05) is 4.90 Å². The van der Waals surface area contributed by atoms with Crippen molar-refractivity contribution in [3.05, 3.63) is 69.8 Å². The molecule has 134 valence electrons. The van der Waals surface area contributed by atoms with Gasteiger partial charge in [0.1, 0.15) is 0 Å². The first-order valence-electron chi connectivity index (χ1n) is 8.19. The first-order chi connectivity index (χ1) is 12.3. The summed E-state index contributed by atoms with van der Waals surface area (Å²) in [6, 6.07) is 11.9. The van der Waals surface area contributed by atoms with Crippen molar-refractivity contribution >= 4 is 23.1 Å². The predicted molar refractivity (Wildman–Crippen MR) is 95.0 cm³/mol. The van der Waals surface area contributed by atoms with Gasteiger partial charge in [0.15, 0.2) is 11.4 Å². The Morgan fingerprint density at radius 1 is 1.23 bits per heavy atom. The van der Waals surface area contributed by atoms with Crippen LogP contribution in [-0.4, -0.2) is 27.8 Å². The zero-order valence-corrected chi connectivity index (χ0v) is 14.4. The summed E-state index contributed by atoms with van der Waals surface area (Å²) in [4.78, 5) is 37.3. The lowest BCUT2D eigenvalue weighted by Crippen LogP contribution is -2.44. The maximum atomic E-state index is 12.9. The summed E-state index contributed by atoms with van der Waals surface area (Å²) in [5, 5.41) is 22.0. The molecule has 0 aliphatic carbocycles. The van der Waals surface area contributed by atoms with E-state index in [-0.39, 0.29) is 17.3 Å². The van der Waals surface area contributed by atoms with Crippen LogP contribution in [0.25, 0.3) is 0 Å². The van der Waals surface area contributed by atoms with Gasteiger partial charge >= 0.3 is 0 Å². The van der Waals surface area contributed by atoms with Gasteiger partial charge in [-0.05, 0) is 19.9 Å². The van der Waals surface area contributed by atoms with E-state index in [1.165, 1.54) is 23.1 Å². The van der Waals surface area contributed by atoms with E-state index in [0.29, 0.717) is 11.3 Å². The molecule has 0 unspecified atom stereocenters. The van der Waals surface area contributed by atoms with Gasteiger partial charge in [-0.1, -0.05) is 30.3 Å². The van der Waals surface area contributed by atoms with Gasteiger partial charge in [0, 0.05) is 29.3 Å². The van der Waals surface area contributed by atoms with Crippen molar-refractivity contribution in [2.45, 2.75) is 31.9 Å². The SMILES string of the molecule is CC(C)N1C(=O)[C@](O)(CC(=O)c2cccc([N+](=O)[O-])c2)c2ccccc21. The number of Topliss-reactive ketones (excluding diaryl/α,β-unsaturated/α-hetero) is 1. The molecule has 0 spiro atoms. The summed E-state index contributed by atoms with van der Waals surface area (Å²) >= 11 is 0. The van der Waals surface area contributed by atoms with Crippen LogP contribution in [0, 0.1) is 10.1 Å². The topological polar surface area (TPSA) is 101 Å². The molecular weight excluding hydrogens is 336 g/mol. The van der Waals surface area contributed by atoms with Crippen LogP contribution in [0.15, 0.2) is 48.5 Å². The molecule has 1 N–H and O–H groups in total. The first kappa shape index (κ1) is 17.8. The van der Waals surface area contributed by atoms with Crippen LogP contribution in [0.3, 0.4) is 0 Å². The molecule has 0 radical (unpaired) electrons. The molecule has 1 atom stereocenters. The van der Waals surface area contributed by atoms with Crippen LogP contribution in [0.2, 0.25) is 0 Å². The van der Waals surface area contributed by atoms with Crippen LogP contribution in [0.5, 0.6) is 0 Å². The number of rotatable bonds is 5. The fourth-order valence-corrected chi connectivity index (χ4v) is 3.27. The molecule has 1 heterocycles. The number of amides is 1. The number of para-hydroxylation sites is 1. The second-order valence-electron chi connectivity index (χ2n) is 6.55. The normalized spacial score (nSPS) is 18.9. The zero-order chi connectivity index (χ0) is 19.1. The lowest BCUT2D eigenvalue weighted by molar-refractivity contribution is -0.384. The van der Waals surface area contributed by atoms with E-state index in [0.717, 1.165) is 6.07 Å². The standard InChI is InChI=1S/C19H18N2O5/c1-12(2)20-16-9-4-3-8-15(16)19(24,18(20)23)11-17(22)13-6-5-7-14(10-13)21(25)26/h3-10,12,24H,11H2,1-2H3/t19-/m0/s1. The minimum absolute atomic E-state index is 0.0842. The van der Waals surface area contributed by atoms with Crippen LogP contribution >= 0.6 is 0 Å². The van der Waals surface area contributed by atoms with Crippen molar-refractivity contribution < 1.29 is 19.6 Å². The molecule has 26 heavy (non-hydrogen) atoms. The zero-order valence-electron chi connectivity index (χ0n) is 14.4. The summed E-state index contributed by atoms with van der Waals surface area (Å²) < 4.78 is 0. The Labute approximate surface area is 150 Å². The summed E-state index contributed by atoms with van der Waals surface area (Å²) in [7, 11) is 0. The molecule has 0 aromatic heterocycles. The number of hydrogen-bond donors (Lipinski definition) is 1. The highest BCUT2D eigenvalue weighted by Gasteiger charge is 2.51. The number of ketones is 1. The predicted octanol–water partition coefficient (Wildman–Crippen LogP) is 2.81. The number of nitro groups is 1. The van der Waals surface area contributed by atoms with Gasteiger partial charge in [-0.15, -0.1) is 0 Å². The number of nitro benzene ring substituents is 1. The quantitative estimate of drug-likeness (QED) is 0.505. The van der Waals surface area contributed by atoms with Crippen LogP contribution in [0.4, 0.5) is 11.4 Å². The Hall–Kier alpha value is -3.06. The van der Waals surface area contributed by atoms with Gasteiger partial charge in [-0.2, -0.15) is 0 Å². The number of fused-ring (bicyclic) bond motifs is 1. The van der Waals surface area contributed by atoms with Gasteiger partial charge in [-0.3, -0.25) is 19.7 Å². The molecular formula is C19H18N2O5. The Kier molecular flexibility index (Phi) is 4.33. The first-order valence-corrected chi connectivity index (χ1v) is 8.19. The van der Waals surface area contributed by atoms with Crippen molar-refractivity contribution in [1.29, 1.82) is 0 Å². The van der Waals surface area contributed by atoms with Crippen molar-refractivity contribution in [1.82, 2.24) is 0 Å². The lowest BCUT2D eigenvalue weighted by Gasteiger charge is -2.25. The lowest BCUT2D eigenvalue weighted by atomic mass is 9.88. The van der Waals surface area contributed by atoms with Gasteiger partial charge < -0.3 is 10.0 Å². The van der Waals surface area contributed by atoms with E-state index in [1.807, 2.05) is 13.8 Å². The largest absolute Gasteiger partial charge is 0.375 e. The molecule has 2 aromatic carbocycles. The van der Waals surface area contributed by atoms with E-state index >= 15 is 0 Å². The highest BCUT2D eigenvalue weighted by Crippen LogP contribution is 2.43. The fraction of sp³-hybridized carbons (Fsp3) is 0.263. The number of benzene rings is 2. The number of nitrogens with zero attached hydrogens (tertiary/aromatic N) is 2. The Morgan fingerprint density at radius 2 is 1.92 bits per heavy atom. The Morgan fingerprint density at radius 3 is 2.58 bits per heavy atom. The van der Waals surface area contributed by atoms with E-state index in [9.17, 15) is 24.8 Å². The number of carbonyl (C=O) groups excluding carboxylic acids is 2. The third kappa shape index (κ3) is 2.76. The number of non-ortho nitro benzene ring substituents is 1. The Balaban J connectivity index is 1.98. The molecule has 1 amide bonds. The minimum atomic E-state index is -1.98. The average molecular weight is 354 g/mol. The highest BCUT2D eigenvalue weighted by molar-refractivity contribution is 6.11. The summed E-state index contributed by atoms with van der Waals surface area (Å²) in [6.45, 7) is 3.64. The smallest absolute Gasteiger partial charge is 0.270 e. The molecule has 7 nitrogen and oxygen atoms in total. The highest BCUT2D eigenvalue weighted by atomic mass is 16.6. The number of aliphatic hydroxyl groups is 1. The van der Waals surface area contributed by atoms with E-state index < -0.39 is 28.6 Å². The number of carbonyl (C=O) groups is 2. The maximum Gasteiger partial charge on any atom is 0.270 e. The number of anilines is 1. The van der Waals surface area contributed by atoms with Crippen LogP contribution in [-0.2, 0) is 10.4 Å². The van der Waals surface area contributed by atoms with Gasteiger partial charge in [-0.25, -0.2) is 0 Å². The maximum absolute atomic E-state index is 12.9. The minimum Gasteiger partial charge on any atom is -0.375 e. The second-order valence-corrected chi connectivity index (χ2v) is 6.55. The van der Waals surface area contributed by atoms with Crippen LogP contribution < -0.4 is 4.90 Å². The molecule has 1 aliphatic rings. The van der Waals surface area contributed by atoms with Crippen molar-refractivity contribution in [3.63, 3.8) is 0 Å². The second kappa shape index (κ2) is 6.34. The molecule has 7 heteroatoms. The van der Waals surface area contributed by atoms with E-state index in [4.69, 9.17) is 0 Å². The monoisotopic (exact) mass is 354 g/mol. The molecule has 0 fully saturated rings. The molecule has 2 aromatic rings. The van der Waals surface area contributed by atoms with Crippen molar-refractivity contribution in [2.24, 2.45) is 0 Å². The third-order valence-corrected chi connectivity index (χ3v) is 4.49. The third-order valence-electron chi connectivity index (χ3n) is 4.49. The van der Waals surface area contributed by atoms with Gasteiger partial charge in [0.05, 0.1) is 17.0 Å². The van der Waals surface area contributed by atoms with Gasteiger partial charge in [0.2, 0.25) is 0 Å². The number of hydrogen-bond acceptors (Lipinski definition) is 5. The van der Waals surface area contributed by atoms with Crippen LogP contribution in [0.1, 0.15) is 36.2 Å². The molecule has 0 saturated carbocycles. The van der Waals surface area contributed by atoms with Gasteiger partial charge in [0.25, 0.3) is 11.6 Å². The fourth-order valence-electron chi connectivity index (χ4n) is 3.27. The average Bonchev–Trinajstić information content (AvgIpc) is 2.83. The Bertz CT molecular complexity index is 908. The van der Waals surface area contributed by atoms with Crippen molar-refractivity contribution in [3.8, 4) is 0 Å². The summed E-state index contributed by atoms with van der Waals surface area (Å²) in [5.74, 6) is -1.10.